The zero-order valence-corrected chi connectivity index (χ0v) is 11.4. The van der Waals surface area contributed by atoms with Crippen molar-refractivity contribution >= 4 is 21.6 Å². The normalized spacial score (nSPS) is 12.6. The molecule has 1 aromatic heterocycles. The Balaban J connectivity index is 2.54. The lowest BCUT2D eigenvalue weighted by atomic mass is 10.5. The molecule has 0 aliphatic carbocycles. The van der Waals surface area contributed by atoms with E-state index in [2.05, 4.69) is 9.72 Å². The first kappa shape index (κ1) is 17.0. The number of sulfonamides is 1. The lowest BCUT2D eigenvalue weighted by molar-refractivity contribution is -0.173. The van der Waals surface area contributed by atoms with Crippen LogP contribution in [0.4, 0.5) is 13.2 Å². The third-order valence-electron chi connectivity index (χ3n) is 1.95. The van der Waals surface area contributed by atoms with E-state index in [1.807, 2.05) is 4.72 Å². The van der Waals surface area contributed by atoms with Crippen molar-refractivity contribution in [1.29, 1.82) is 0 Å². The summed E-state index contributed by atoms with van der Waals surface area (Å²) in [6.45, 7) is -2.26. The summed E-state index contributed by atoms with van der Waals surface area (Å²) < 4.78 is 64.9. The van der Waals surface area contributed by atoms with E-state index in [9.17, 15) is 26.4 Å². The van der Waals surface area contributed by atoms with Crippen molar-refractivity contribution in [2.75, 3.05) is 19.8 Å². The van der Waals surface area contributed by atoms with Gasteiger partial charge >= 0.3 is 6.18 Å². The highest BCUT2D eigenvalue weighted by atomic mass is 35.5. The minimum absolute atomic E-state index is 0.307. The van der Waals surface area contributed by atoms with Gasteiger partial charge in [-0.25, -0.2) is 13.1 Å². The lowest BCUT2D eigenvalue weighted by Crippen LogP contribution is -2.29. The summed E-state index contributed by atoms with van der Waals surface area (Å²) in [6, 6.07) is 0.930. The zero-order valence-electron chi connectivity index (χ0n) is 9.83. The van der Waals surface area contributed by atoms with Crippen LogP contribution in [0.1, 0.15) is 0 Å². The second-order valence-electron chi connectivity index (χ2n) is 3.58. The van der Waals surface area contributed by atoms with Gasteiger partial charge in [0.05, 0.1) is 11.5 Å². The van der Waals surface area contributed by atoms with Crippen molar-refractivity contribution in [2.24, 2.45) is 0 Å². The number of pyridine rings is 1. The molecule has 0 aliphatic heterocycles. The van der Waals surface area contributed by atoms with Crippen LogP contribution in [-0.2, 0) is 14.8 Å². The Morgan fingerprint density at radius 1 is 1.40 bits per heavy atom. The quantitative estimate of drug-likeness (QED) is 0.756. The lowest BCUT2D eigenvalue weighted by Gasteiger charge is -2.09. The van der Waals surface area contributed by atoms with Crippen LogP contribution >= 0.6 is 11.6 Å². The van der Waals surface area contributed by atoms with E-state index in [1.165, 1.54) is 0 Å². The molecule has 114 valence electrons. The smallest absolute Gasteiger partial charge is 0.371 e. The molecule has 0 amide bonds. The molecule has 0 unspecified atom stereocenters. The molecule has 6 nitrogen and oxygen atoms in total. The molecule has 2 N–H and O–H groups in total. The number of hydrogen-bond acceptors (Lipinski definition) is 4. The van der Waals surface area contributed by atoms with E-state index in [-0.39, 0.29) is 16.5 Å². The fourth-order valence-electron chi connectivity index (χ4n) is 1.11. The number of rotatable bonds is 6. The molecule has 11 heteroatoms. The van der Waals surface area contributed by atoms with E-state index < -0.39 is 35.0 Å². The summed E-state index contributed by atoms with van der Waals surface area (Å²) in [7, 11) is -3.98. The highest BCUT2D eigenvalue weighted by Crippen LogP contribution is 2.14. The van der Waals surface area contributed by atoms with Crippen LogP contribution in [0.2, 0.25) is 5.02 Å². The summed E-state index contributed by atoms with van der Waals surface area (Å²) in [5, 5.41) is -0.318. The van der Waals surface area contributed by atoms with Gasteiger partial charge in [-0.05, 0) is 6.07 Å². The van der Waals surface area contributed by atoms with Crippen molar-refractivity contribution in [3.05, 3.63) is 27.6 Å². The first-order valence-electron chi connectivity index (χ1n) is 5.14. The number of halogens is 4. The second kappa shape index (κ2) is 6.57. The Hall–Kier alpha value is -1.10. The average molecular weight is 335 g/mol. The van der Waals surface area contributed by atoms with Gasteiger partial charge in [-0.15, -0.1) is 0 Å². The van der Waals surface area contributed by atoms with E-state index in [0.717, 1.165) is 12.3 Å². The molecule has 0 spiro atoms. The molecule has 20 heavy (non-hydrogen) atoms. The van der Waals surface area contributed by atoms with Crippen LogP contribution in [0.25, 0.3) is 0 Å². The van der Waals surface area contributed by atoms with Crippen molar-refractivity contribution in [1.82, 2.24) is 9.71 Å². The van der Waals surface area contributed by atoms with Gasteiger partial charge in [0.1, 0.15) is 11.6 Å². The summed E-state index contributed by atoms with van der Waals surface area (Å²) in [4.78, 5) is 12.8. The SMILES string of the molecule is O=c1[nH]cc(S(=O)(=O)NCCOCC(F)(F)F)cc1Cl. The summed E-state index contributed by atoms with van der Waals surface area (Å²) >= 11 is 5.47. The highest BCUT2D eigenvalue weighted by molar-refractivity contribution is 7.89. The van der Waals surface area contributed by atoms with Gasteiger partial charge in [0.25, 0.3) is 5.56 Å². The van der Waals surface area contributed by atoms with E-state index in [1.54, 1.807) is 0 Å². The molecule has 0 atom stereocenters. The van der Waals surface area contributed by atoms with E-state index >= 15 is 0 Å². The van der Waals surface area contributed by atoms with Crippen LogP contribution in [0.15, 0.2) is 22.0 Å². The Bertz CT molecular complexity index is 614. The molecule has 0 radical (unpaired) electrons. The molecule has 0 aromatic carbocycles. The first-order valence-corrected chi connectivity index (χ1v) is 7.00. The minimum Gasteiger partial charge on any atom is -0.371 e. The molecule has 0 saturated heterocycles. The van der Waals surface area contributed by atoms with Gasteiger partial charge in [0.2, 0.25) is 10.0 Å². The van der Waals surface area contributed by atoms with E-state index in [4.69, 9.17) is 11.6 Å². The third kappa shape index (κ3) is 5.49. The zero-order chi connectivity index (χ0) is 15.4. The second-order valence-corrected chi connectivity index (χ2v) is 5.75. The van der Waals surface area contributed by atoms with Crippen LogP contribution in [0, 0.1) is 0 Å². The molecular weight excluding hydrogens is 325 g/mol. The predicted octanol–water partition coefficient (Wildman–Crippen LogP) is 0.885. The molecular formula is C9H10ClF3N2O4S. The fourth-order valence-corrected chi connectivity index (χ4v) is 2.35. The monoisotopic (exact) mass is 334 g/mol. The maximum absolute atomic E-state index is 11.8. The predicted molar refractivity (Wildman–Crippen MR) is 64.1 cm³/mol. The molecule has 0 bridgehead atoms. The number of aromatic nitrogens is 1. The molecule has 1 heterocycles. The van der Waals surface area contributed by atoms with Crippen LogP contribution in [0.3, 0.4) is 0 Å². The Labute approximate surface area is 116 Å². The molecule has 0 aliphatic rings. The Morgan fingerprint density at radius 3 is 2.60 bits per heavy atom. The first-order chi connectivity index (χ1) is 9.12. The number of nitrogens with one attached hydrogen (secondary N) is 2. The molecule has 1 aromatic rings. The minimum atomic E-state index is -4.47. The standard InChI is InChI=1S/C9H10ClF3N2O4S/c10-7-3-6(4-14-8(7)16)20(17,18)15-1-2-19-5-9(11,12)13/h3-4,15H,1-2,5H2,(H,14,16). The van der Waals surface area contributed by atoms with Crippen LogP contribution in [0.5, 0.6) is 0 Å². The number of H-pyrrole nitrogens is 1. The Morgan fingerprint density at radius 2 is 2.05 bits per heavy atom. The van der Waals surface area contributed by atoms with Gasteiger partial charge < -0.3 is 9.72 Å². The van der Waals surface area contributed by atoms with Crippen LogP contribution in [-0.4, -0.2) is 39.3 Å². The molecule has 1 rings (SSSR count). The van der Waals surface area contributed by atoms with Crippen molar-refractivity contribution in [2.45, 2.75) is 11.1 Å². The van der Waals surface area contributed by atoms with Crippen molar-refractivity contribution in [3.63, 3.8) is 0 Å². The van der Waals surface area contributed by atoms with Gasteiger partial charge in [0.15, 0.2) is 0 Å². The molecule has 0 saturated carbocycles. The topological polar surface area (TPSA) is 88.3 Å². The van der Waals surface area contributed by atoms with Gasteiger partial charge in [-0.3, -0.25) is 4.79 Å². The Kier molecular flexibility index (Phi) is 5.57. The molecule has 0 fully saturated rings. The largest absolute Gasteiger partial charge is 0.411 e. The summed E-state index contributed by atoms with van der Waals surface area (Å²) in [6.07, 6.45) is -3.54. The average Bonchev–Trinajstić information content (AvgIpc) is 2.30. The van der Waals surface area contributed by atoms with Crippen molar-refractivity contribution < 1.29 is 26.3 Å². The number of hydrogen-bond donors (Lipinski definition) is 2. The van der Waals surface area contributed by atoms with Gasteiger partial charge in [-0.1, -0.05) is 11.6 Å². The number of aromatic amines is 1. The fraction of sp³-hybridized carbons (Fsp3) is 0.444. The van der Waals surface area contributed by atoms with E-state index in [0.29, 0.717) is 0 Å². The maximum Gasteiger partial charge on any atom is 0.411 e. The maximum atomic E-state index is 11.8. The van der Waals surface area contributed by atoms with Gasteiger partial charge in [-0.2, -0.15) is 13.2 Å². The number of alkyl halides is 3. The third-order valence-corrected chi connectivity index (χ3v) is 3.67. The summed E-state index contributed by atoms with van der Waals surface area (Å²) in [5.74, 6) is 0. The number of ether oxygens (including phenoxy) is 1. The van der Waals surface area contributed by atoms with Crippen molar-refractivity contribution in [3.8, 4) is 0 Å². The van der Waals surface area contributed by atoms with Gasteiger partial charge in [0, 0.05) is 12.7 Å². The summed E-state index contributed by atoms with van der Waals surface area (Å²) in [5.41, 5.74) is -0.654. The van der Waals surface area contributed by atoms with Crippen LogP contribution < -0.4 is 10.3 Å². The highest BCUT2D eigenvalue weighted by Gasteiger charge is 2.27.